The maximum Gasteiger partial charge on any atom is 0.154 e. The van der Waals surface area contributed by atoms with Gasteiger partial charge in [0.15, 0.2) is 7.85 Å². The van der Waals surface area contributed by atoms with Crippen molar-refractivity contribution in [2.75, 3.05) is 0 Å². The SMILES string of the molecule is B[C@H]1CCC(=C)O1. The maximum absolute atomic E-state index is 5.17. The molecule has 2 heteroatoms. The van der Waals surface area contributed by atoms with Gasteiger partial charge < -0.3 is 4.74 Å². The molecule has 0 unspecified atom stereocenters. The second kappa shape index (κ2) is 1.61. The zero-order valence-corrected chi connectivity index (χ0v) is 4.61. The Labute approximate surface area is 44.8 Å². The molecule has 0 N–H and O–H groups in total. The first-order valence-electron chi connectivity index (χ1n) is 2.63. The molecule has 38 valence electrons. The van der Waals surface area contributed by atoms with Gasteiger partial charge in [0, 0.05) is 6.42 Å². The predicted octanol–water partition coefficient (Wildman–Crippen LogP) is 0.270. The standard InChI is InChI=1S/C5H9BO/c1-4-2-3-5(6)7-4/h5H,1-3,6H2/t5-/m1/s1. The maximum atomic E-state index is 5.17. The summed E-state index contributed by atoms with van der Waals surface area (Å²) in [5.41, 5.74) is 0. The molecule has 0 aromatic carbocycles. The Balaban J connectivity index is 2.40. The highest BCUT2D eigenvalue weighted by Gasteiger charge is 2.12. The van der Waals surface area contributed by atoms with Gasteiger partial charge in [-0.1, -0.05) is 6.58 Å². The minimum atomic E-state index is 0.424. The van der Waals surface area contributed by atoms with Gasteiger partial charge in [0.25, 0.3) is 0 Å². The Hall–Kier alpha value is -0.395. The van der Waals surface area contributed by atoms with Gasteiger partial charge in [-0.25, -0.2) is 0 Å². The normalized spacial score (nSPS) is 30.3. The largest absolute Gasteiger partial charge is 0.505 e. The molecule has 1 atom stereocenters. The molecule has 1 heterocycles. The number of hydrogen-bond acceptors (Lipinski definition) is 1. The van der Waals surface area contributed by atoms with E-state index in [1.165, 1.54) is 0 Å². The molecule has 0 bridgehead atoms. The van der Waals surface area contributed by atoms with E-state index in [9.17, 15) is 0 Å². The Bertz CT molecular complexity index is 90.1. The molecule has 1 fully saturated rings. The lowest BCUT2D eigenvalue weighted by molar-refractivity contribution is 0.230. The molecule has 0 aromatic heterocycles. The highest BCUT2D eigenvalue weighted by molar-refractivity contribution is 6.11. The topological polar surface area (TPSA) is 9.23 Å². The van der Waals surface area contributed by atoms with E-state index < -0.39 is 0 Å². The monoisotopic (exact) mass is 96.1 g/mol. The summed E-state index contributed by atoms with van der Waals surface area (Å²) in [6.07, 6.45) is 2.21. The summed E-state index contributed by atoms with van der Waals surface area (Å²) in [7, 11) is 2.07. The zero-order valence-electron chi connectivity index (χ0n) is 4.61. The molecule has 1 aliphatic heterocycles. The van der Waals surface area contributed by atoms with E-state index in [0.29, 0.717) is 6.00 Å². The van der Waals surface area contributed by atoms with E-state index in [1.807, 2.05) is 0 Å². The number of hydrogen-bond donors (Lipinski definition) is 0. The molecule has 0 spiro atoms. The molecule has 0 amide bonds. The average Bonchev–Trinajstić information content (AvgIpc) is 1.87. The van der Waals surface area contributed by atoms with Crippen LogP contribution in [0, 0.1) is 0 Å². The van der Waals surface area contributed by atoms with Gasteiger partial charge in [-0.05, 0) is 6.42 Å². The van der Waals surface area contributed by atoms with Crippen molar-refractivity contribution in [3.63, 3.8) is 0 Å². The molecule has 0 aromatic rings. The van der Waals surface area contributed by atoms with Crippen molar-refractivity contribution >= 4 is 7.85 Å². The third kappa shape index (κ3) is 0.984. The third-order valence-corrected chi connectivity index (χ3v) is 1.20. The number of allylic oxidation sites excluding steroid dienone is 1. The average molecular weight is 95.9 g/mol. The van der Waals surface area contributed by atoms with Crippen molar-refractivity contribution < 1.29 is 4.74 Å². The Morgan fingerprint density at radius 2 is 2.57 bits per heavy atom. The molecule has 0 aliphatic carbocycles. The summed E-state index contributed by atoms with van der Waals surface area (Å²) in [5, 5.41) is 0. The third-order valence-electron chi connectivity index (χ3n) is 1.20. The molecule has 1 nitrogen and oxygen atoms in total. The minimum absolute atomic E-state index is 0.424. The van der Waals surface area contributed by atoms with Gasteiger partial charge in [-0.15, -0.1) is 0 Å². The minimum Gasteiger partial charge on any atom is -0.505 e. The van der Waals surface area contributed by atoms with E-state index in [1.54, 1.807) is 0 Å². The van der Waals surface area contributed by atoms with Crippen LogP contribution in [0.15, 0.2) is 12.3 Å². The van der Waals surface area contributed by atoms with Gasteiger partial charge in [0.05, 0.1) is 11.8 Å². The Morgan fingerprint density at radius 1 is 1.86 bits per heavy atom. The molecule has 1 aliphatic rings. The summed E-state index contributed by atoms with van der Waals surface area (Å²) in [6, 6.07) is 0.424. The van der Waals surface area contributed by atoms with Crippen molar-refractivity contribution in [1.82, 2.24) is 0 Å². The molecular formula is C5H9BO. The lowest BCUT2D eigenvalue weighted by Gasteiger charge is -1.99. The van der Waals surface area contributed by atoms with Crippen LogP contribution >= 0.6 is 0 Å². The predicted molar refractivity (Wildman–Crippen MR) is 31.8 cm³/mol. The second-order valence-electron chi connectivity index (χ2n) is 2.01. The smallest absolute Gasteiger partial charge is 0.154 e. The Morgan fingerprint density at radius 3 is 2.71 bits per heavy atom. The zero-order chi connectivity index (χ0) is 5.28. The molecular weight excluding hydrogens is 86.9 g/mol. The summed E-state index contributed by atoms with van der Waals surface area (Å²) in [5.74, 6) is 0.951. The van der Waals surface area contributed by atoms with Crippen molar-refractivity contribution in [3.05, 3.63) is 12.3 Å². The second-order valence-corrected chi connectivity index (χ2v) is 2.01. The first kappa shape index (κ1) is 4.76. The van der Waals surface area contributed by atoms with E-state index in [2.05, 4.69) is 14.4 Å². The summed E-state index contributed by atoms with van der Waals surface area (Å²) < 4.78 is 5.17. The lowest BCUT2D eigenvalue weighted by atomic mass is 9.98. The van der Waals surface area contributed by atoms with Crippen LogP contribution in [0.3, 0.4) is 0 Å². The summed E-state index contributed by atoms with van der Waals surface area (Å²) >= 11 is 0. The van der Waals surface area contributed by atoms with Crippen molar-refractivity contribution in [1.29, 1.82) is 0 Å². The molecule has 1 rings (SSSR count). The molecule has 0 saturated carbocycles. The van der Waals surface area contributed by atoms with Gasteiger partial charge in [0.1, 0.15) is 0 Å². The fourth-order valence-electron chi connectivity index (χ4n) is 0.767. The van der Waals surface area contributed by atoms with E-state index >= 15 is 0 Å². The number of rotatable bonds is 0. The van der Waals surface area contributed by atoms with Gasteiger partial charge in [-0.2, -0.15) is 0 Å². The highest BCUT2D eigenvalue weighted by atomic mass is 16.5. The van der Waals surface area contributed by atoms with Crippen LogP contribution in [0.25, 0.3) is 0 Å². The quantitative estimate of drug-likeness (QED) is 0.393. The molecule has 0 radical (unpaired) electrons. The van der Waals surface area contributed by atoms with Crippen LogP contribution in [0.5, 0.6) is 0 Å². The fraction of sp³-hybridized carbons (Fsp3) is 0.600. The first-order valence-corrected chi connectivity index (χ1v) is 2.63. The molecule has 7 heavy (non-hydrogen) atoms. The lowest BCUT2D eigenvalue weighted by Crippen LogP contribution is -2.00. The number of ether oxygens (including phenoxy) is 1. The van der Waals surface area contributed by atoms with E-state index in [-0.39, 0.29) is 0 Å². The van der Waals surface area contributed by atoms with Crippen LogP contribution in [-0.4, -0.2) is 13.8 Å². The fourth-order valence-corrected chi connectivity index (χ4v) is 0.767. The van der Waals surface area contributed by atoms with E-state index in [0.717, 1.165) is 18.6 Å². The van der Waals surface area contributed by atoms with Gasteiger partial charge in [-0.3, -0.25) is 0 Å². The van der Waals surface area contributed by atoms with Gasteiger partial charge >= 0.3 is 0 Å². The summed E-state index contributed by atoms with van der Waals surface area (Å²) in [6.45, 7) is 3.68. The highest BCUT2D eigenvalue weighted by Crippen LogP contribution is 2.17. The van der Waals surface area contributed by atoms with E-state index in [4.69, 9.17) is 4.74 Å². The summed E-state index contributed by atoms with van der Waals surface area (Å²) in [4.78, 5) is 0. The van der Waals surface area contributed by atoms with Crippen molar-refractivity contribution in [2.45, 2.75) is 18.8 Å². The van der Waals surface area contributed by atoms with Crippen LogP contribution in [0.2, 0.25) is 0 Å². The van der Waals surface area contributed by atoms with Crippen molar-refractivity contribution in [2.24, 2.45) is 0 Å². The van der Waals surface area contributed by atoms with Crippen molar-refractivity contribution in [3.8, 4) is 0 Å². The van der Waals surface area contributed by atoms with Crippen LogP contribution < -0.4 is 0 Å². The first-order chi connectivity index (χ1) is 3.29. The van der Waals surface area contributed by atoms with Crippen LogP contribution in [0.4, 0.5) is 0 Å². The van der Waals surface area contributed by atoms with Crippen LogP contribution in [-0.2, 0) is 4.74 Å². The van der Waals surface area contributed by atoms with Crippen LogP contribution in [0.1, 0.15) is 12.8 Å². The molecule has 1 saturated heterocycles. The van der Waals surface area contributed by atoms with Gasteiger partial charge in [0.2, 0.25) is 0 Å². The Kier molecular flexibility index (Phi) is 1.09.